The van der Waals surface area contributed by atoms with Crippen LogP contribution in [0.15, 0.2) is 18.7 Å². The minimum atomic E-state index is -0.561. The van der Waals surface area contributed by atoms with Crippen LogP contribution in [0.5, 0.6) is 0 Å². The Hall–Kier alpha value is -1.04. The van der Waals surface area contributed by atoms with Crippen LogP contribution in [0.1, 0.15) is 18.1 Å². The number of ether oxygens (including phenoxy) is 2. The van der Waals surface area contributed by atoms with Crippen LogP contribution in [0.3, 0.4) is 0 Å². The molecule has 0 saturated heterocycles. The smallest absolute Gasteiger partial charge is 0.115 e. The molecule has 1 aromatic rings. The molecule has 0 bridgehead atoms. The van der Waals surface area contributed by atoms with E-state index in [9.17, 15) is 5.11 Å². The molecule has 1 heterocycles. The van der Waals surface area contributed by atoms with Crippen LogP contribution in [0.25, 0.3) is 0 Å². The molecule has 1 unspecified atom stereocenters. The van der Waals surface area contributed by atoms with E-state index in [-0.39, 0.29) is 0 Å². The summed E-state index contributed by atoms with van der Waals surface area (Å²) < 4.78 is 10.1. The molecular weight excluding hydrogens is 196 g/mol. The molecule has 84 valence electrons. The lowest BCUT2D eigenvalue weighted by Gasteiger charge is -2.09. The Labute approximate surface area is 89.1 Å². The number of aromatic nitrogens is 2. The van der Waals surface area contributed by atoms with Gasteiger partial charge in [0.1, 0.15) is 6.33 Å². The maximum atomic E-state index is 9.69. The van der Waals surface area contributed by atoms with Gasteiger partial charge in [0, 0.05) is 38.1 Å². The van der Waals surface area contributed by atoms with Crippen molar-refractivity contribution in [3.63, 3.8) is 0 Å². The maximum Gasteiger partial charge on any atom is 0.115 e. The highest BCUT2D eigenvalue weighted by atomic mass is 16.5. The molecule has 0 aromatic carbocycles. The third-order valence-corrected chi connectivity index (χ3v) is 1.93. The number of methoxy groups -OCH3 is 1. The molecule has 0 spiro atoms. The Morgan fingerprint density at radius 2 is 2.00 bits per heavy atom. The summed E-state index contributed by atoms with van der Waals surface area (Å²) in [5.74, 6) is 0. The number of hydrogen-bond donors (Lipinski definition) is 1. The molecule has 0 radical (unpaired) electrons. The minimum absolute atomic E-state index is 0.499. The van der Waals surface area contributed by atoms with E-state index < -0.39 is 6.10 Å². The van der Waals surface area contributed by atoms with E-state index >= 15 is 0 Å². The summed E-state index contributed by atoms with van der Waals surface area (Å²) in [5, 5.41) is 9.69. The van der Waals surface area contributed by atoms with Gasteiger partial charge in [-0.3, -0.25) is 0 Å². The fourth-order valence-electron chi connectivity index (χ4n) is 1.09. The monoisotopic (exact) mass is 212 g/mol. The zero-order chi connectivity index (χ0) is 10.9. The van der Waals surface area contributed by atoms with Crippen molar-refractivity contribution in [2.45, 2.75) is 12.5 Å². The van der Waals surface area contributed by atoms with Crippen LogP contribution in [0.4, 0.5) is 0 Å². The van der Waals surface area contributed by atoms with Gasteiger partial charge in [0.05, 0.1) is 19.3 Å². The van der Waals surface area contributed by atoms with Gasteiger partial charge in [0.25, 0.3) is 0 Å². The van der Waals surface area contributed by atoms with Gasteiger partial charge in [-0.2, -0.15) is 0 Å². The number of rotatable bonds is 7. The molecule has 1 rings (SSSR count). The Morgan fingerprint density at radius 3 is 2.67 bits per heavy atom. The number of aliphatic hydroxyl groups is 1. The van der Waals surface area contributed by atoms with E-state index in [4.69, 9.17) is 9.47 Å². The Bertz CT molecular complexity index is 256. The molecule has 1 atom stereocenters. The SMILES string of the molecule is COCCOCCC(O)c1cncnc1. The molecule has 0 saturated carbocycles. The average Bonchev–Trinajstić information content (AvgIpc) is 2.30. The second kappa shape index (κ2) is 7.28. The molecule has 1 aromatic heterocycles. The van der Waals surface area contributed by atoms with E-state index in [1.807, 2.05) is 0 Å². The van der Waals surface area contributed by atoms with Crippen molar-refractivity contribution in [2.24, 2.45) is 0 Å². The fraction of sp³-hybridized carbons (Fsp3) is 0.600. The molecule has 15 heavy (non-hydrogen) atoms. The van der Waals surface area contributed by atoms with Gasteiger partial charge in [0.15, 0.2) is 0 Å². The average molecular weight is 212 g/mol. The highest BCUT2D eigenvalue weighted by Crippen LogP contribution is 2.13. The van der Waals surface area contributed by atoms with Crippen LogP contribution in [-0.4, -0.2) is 42.0 Å². The van der Waals surface area contributed by atoms with Crippen LogP contribution in [0, 0.1) is 0 Å². The topological polar surface area (TPSA) is 64.5 Å². The number of nitrogens with zero attached hydrogens (tertiary/aromatic N) is 2. The number of hydrogen-bond acceptors (Lipinski definition) is 5. The van der Waals surface area contributed by atoms with Crippen LogP contribution < -0.4 is 0 Å². The maximum absolute atomic E-state index is 9.69. The summed E-state index contributed by atoms with van der Waals surface area (Å²) >= 11 is 0. The summed E-state index contributed by atoms with van der Waals surface area (Å²) in [6, 6.07) is 0. The predicted octanol–water partition coefficient (Wildman–Crippen LogP) is 0.563. The predicted molar refractivity (Wildman–Crippen MR) is 54.3 cm³/mol. The highest BCUT2D eigenvalue weighted by molar-refractivity contribution is 5.05. The van der Waals surface area contributed by atoms with E-state index in [1.165, 1.54) is 6.33 Å². The molecule has 0 amide bonds. The van der Waals surface area contributed by atoms with E-state index in [0.717, 1.165) is 0 Å². The lowest BCUT2D eigenvalue weighted by Crippen LogP contribution is -2.07. The largest absolute Gasteiger partial charge is 0.388 e. The van der Waals surface area contributed by atoms with Gasteiger partial charge in [-0.1, -0.05) is 0 Å². The van der Waals surface area contributed by atoms with Gasteiger partial charge in [-0.05, 0) is 0 Å². The molecule has 0 aliphatic rings. The van der Waals surface area contributed by atoms with Crippen molar-refractivity contribution in [1.82, 2.24) is 9.97 Å². The van der Waals surface area contributed by atoms with Gasteiger partial charge >= 0.3 is 0 Å². The Kier molecular flexibility index (Phi) is 5.84. The first kappa shape index (κ1) is 12.0. The summed E-state index contributed by atoms with van der Waals surface area (Å²) in [7, 11) is 1.62. The van der Waals surface area contributed by atoms with Crippen molar-refractivity contribution in [1.29, 1.82) is 0 Å². The lowest BCUT2D eigenvalue weighted by molar-refractivity contribution is 0.0474. The molecule has 0 aliphatic heterocycles. The van der Waals surface area contributed by atoms with E-state index in [1.54, 1.807) is 19.5 Å². The minimum Gasteiger partial charge on any atom is -0.388 e. The van der Waals surface area contributed by atoms with E-state index in [0.29, 0.717) is 31.8 Å². The molecule has 5 nitrogen and oxygen atoms in total. The van der Waals surface area contributed by atoms with Crippen molar-refractivity contribution in [3.8, 4) is 0 Å². The van der Waals surface area contributed by atoms with Gasteiger partial charge < -0.3 is 14.6 Å². The first-order valence-corrected chi connectivity index (χ1v) is 4.84. The zero-order valence-electron chi connectivity index (χ0n) is 8.80. The second-order valence-electron chi connectivity index (χ2n) is 3.08. The summed E-state index contributed by atoms with van der Waals surface area (Å²) in [6.07, 6.45) is 4.62. The van der Waals surface area contributed by atoms with Crippen molar-refractivity contribution in [3.05, 3.63) is 24.3 Å². The van der Waals surface area contributed by atoms with Crippen LogP contribution in [-0.2, 0) is 9.47 Å². The quantitative estimate of drug-likeness (QED) is 0.669. The molecule has 0 fully saturated rings. The highest BCUT2D eigenvalue weighted by Gasteiger charge is 2.07. The summed E-state index contributed by atoms with van der Waals surface area (Å²) in [6.45, 7) is 1.62. The van der Waals surface area contributed by atoms with Crippen molar-refractivity contribution < 1.29 is 14.6 Å². The first-order chi connectivity index (χ1) is 7.34. The van der Waals surface area contributed by atoms with Gasteiger partial charge in [-0.25, -0.2) is 9.97 Å². The van der Waals surface area contributed by atoms with Gasteiger partial charge in [-0.15, -0.1) is 0 Å². The third kappa shape index (κ3) is 4.83. The van der Waals surface area contributed by atoms with Gasteiger partial charge in [0.2, 0.25) is 0 Å². The van der Waals surface area contributed by atoms with Crippen molar-refractivity contribution >= 4 is 0 Å². The van der Waals surface area contributed by atoms with Crippen molar-refractivity contribution in [2.75, 3.05) is 26.9 Å². The zero-order valence-corrected chi connectivity index (χ0v) is 8.80. The Morgan fingerprint density at radius 1 is 1.27 bits per heavy atom. The summed E-state index contributed by atoms with van der Waals surface area (Å²) in [4.78, 5) is 7.66. The third-order valence-electron chi connectivity index (χ3n) is 1.93. The normalized spacial score (nSPS) is 12.7. The number of aliphatic hydroxyl groups excluding tert-OH is 1. The molecular formula is C10H16N2O3. The second-order valence-corrected chi connectivity index (χ2v) is 3.08. The molecule has 0 aliphatic carbocycles. The Balaban J connectivity index is 2.16. The fourth-order valence-corrected chi connectivity index (χ4v) is 1.09. The van der Waals surface area contributed by atoms with Crippen LogP contribution >= 0.6 is 0 Å². The molecule has 5 heteroatoms. The first-order valence-electron chi connectivity index (χ1n) is 4.84. The van der Waals surface area contributed by atoms with E-state index in [2.05, 4.69) is 9.97 Å². The summed E-state index contributed by atoms with van der Waals surface area (Å²) in [5.41, 5.74) is 0.716. The lowest BCUT2D eigenvalue weighted by atomic mass is 10.1. The molecule has 1 N–H and O–H groups in total. The standard InChI is InChI=1S/C10H16N2O3/c1-14-4-5-15-3-2-10(13)9-6-11-8-12-7-9/h6-8,10,13H,2-5H2,1H3. The van der Waals surface area contributed by atoms with Crippen LogP contribution in [0.2, 0.25) is 0 Å².